The molecular formula is C38H51NO7. The Balaban J connectivity index is 1.62. The first-order chi connectivity index (χ1) is 22.3. The number of ether oxygens (including phenoxy) is 1. The predicted octanol–water partition coefficient (Wildman–Crippen LogP) is 9.86. The number of nitrogens with zero attached hydrogens (tertiary/aromatic N) is 1. The van der Waals surface area contributed by atoms with Crippen LogP contribution in [0.4, 0.5) is 5.69 Å². The van der Waals surface area contributed by atoms with E-state index in [1.54, 1.807) is 24.3 Å². The molecule has 3 aromatic rings. The molecule has 250 valence electrons. The van der Waals surface area contributed by atoms with Crippen molar-refractivity contribution in [3.05, 3.63) is 65.2 Å². The van der Waals surface area contributed by atoms with Gasteiger partial charge in [-0.15, -0.1) is 0 Å². The highest BCUT2D eigenvalue weighted by atomic mass is 16.5. The number of rotatable bonds is 22. The van der Waals surface area contributed by atoms with Crippen LogP contribution in [0.15, 0.2) is 48.5 Å². The number of amides is 1. The summed E-state index contributed by atoms with van der Waals surface area (Å²) in [4.78, 5) is 39.1. The van der Waals surface area contributed by atoms with Crippen molar-refractivity contribution in [1.29, 1.82) is 0 Å². The third kappa shape index (κ3) is 10.8. The molecule has 0 aliphatic carbocycles. The van der Waals surface area contributed by atoms with E-state index in [4.69, 9.17) is 4.74 Å². The fraction of sp³-hybridized carbons (Fsp3) is 0.500. The smallest absolute Gasteiger partial charge is 0.335 e. The number of carboxylic acids is 2. The van der Waals surface area contributed by atoms with Gasteiger partial charge in [0.05, 0.1) is 23.8 Å². The highest BCUT2D eigenvalue weighted by Gasteiger charge is 2.25. The second kappa shape index (κ2) is 19.4. The maximum Gasteiger partial charge on any atom is 0.335 e. The Kier molecular flexibility index (Phi) is 15.4. The number of anilines is 1. The topological polar surface area (TPSA) is 124 Å². The number of hydrogen-bond acceptors (Lipinski definition) is 5. The Labute approximate surface area is 273 Å². The van der Waals surface area contributed by atoms with Crippen LogP contribution in [0, 0.1) is 0 Å². The lowest BCUT2D eigenvalue weighted by atomic mass is 10.0. The van der Waals surface area contributed by atoms with E-state index in [1.807, 2.05) is 0 Å². The molecule has 1 amide bonds. The van der Waals surface area contributed by atoms with Crippen LogP contribution >= 0.6 is 0 Å². The maximum atomic E-state index is 14.0. The minimum Gasteiger partial charge on any atom is -0.506 e. The summed E-state index contributed by atoms with van der Waals surface area (Å²) in [7, 11) is 1.48. The van der Waals surface area contributed by atoms with Crippen molar-refractivity contribution in [2.45, 2.75) is 110 Å². The van der Waals surface area contributed by atoms with Crippen LogP contribution in [0.2, 0.25) is 0 Å². The minimum absolute atomic E-state index is 0.00959. The SMILES string of the molecule is CCCCCCCCCCCCCCCCCCN(C(=O)c1cc(OC)c2ccccc2c1O)c1cc(C(=O)O)cc(C(=O)O)c1. The number of unbranched alkanes of at least 4 members (excludes halogenated alkanes) is 15. The Bertz CT molecular complexity index is 1400. The number of phenols is 1. The molecule has 0 aliphatic heterocycles. The summed E-state index contributed by atoms with van der Waals surface area (Å²) in [5.41, 5.74) is -0.334. The molecule has 46 heavy (non-hydrogen) atoms. The molecule has 0 unspecified atom stereocenters. The van der Waals surface area contributed by atoms with Gasteiger partial charge in [0.15, 0.2) is 0 Å². The zero-order valence-electron chi connectivity index (χ0n) is 27.6. The molecule has 3 aromatic carbocycles. The van der Waals surface area contributed by atoms with Crippen molar-refractivity contribution in [2.24, 2.45) is 0 Å². The second-order valence-corrected chi connectivity index (χ2v) is 12.2. The lowest BCUT2D eigenvalue weighted by Crippen LogP contribution is -2.32. The van der Waals surface area contributed by atoms with Gasteiger partial charge in [-0.1, -0.05) is 128 Å². The van der Waals surface area contributed by atoms with E-state index in [0.717, 1.165) is 25.3 Å². The zero-order valence-corrected chi connectivity index (χ0v) is 27.6. The van der Waals surface area contributed by atoms with E-state index >= 15 is 0 Å². The number of aromatic carboxylic acids is 2. The van der Waals surface area contributed by atoms with Crippen molar-refractivity contribution in [3.63, 3.8) is 0 Å². The molecule has 0 radical (unpaired) electrons. The maximum absolute atomic E-state index is 14.0. The van der Waals surface area contributed by atoms with Gasteiger partial charge >= 0.3 is 11.9 Å². The van der Waals surface area contributed by atoms with Crippen LogP contribution in [-0.2, 0) is 0 Å². The van der Waals surface area contributed by atoms with Crippen molar-refractivity contribution in [1.82, 2.24) is 0 Å². The Morgan fingerprint density at radius 2 is 1.11 bits per heavy atom. The van der Waals surface area contributed by atoms with Crippen LogP contribution in [-0.4, -0.2) is 46.8 Å². The fourth-order valence-electron chi connectivity index (χ4n) is 5.98. The Hall–Kier alpha value is -4.07. The van der Waals surface area contributed by atoms with Crippen LogP contribution in [0.1, 0.15) is 141 Å². The molecule has 8 nitrogen and oxygen atoms in total. The first-order valence-corrected chi connectivity index (χ1v) is 17.0. The number of hydrogen-bond donors (Lipinski definition) is 3. The van der Waals surface area contributed by atoms with Crippen molar-refractivity contribution < 1.29 is 34.4 Å². The van der Waals surface area contributed by atoms with Gasteiger partial charge in [0.1, 0.15) is 11.5 Å². The summed E-state index contributed by atoms with van der Waals surface area (Å²) >= 11 is 0. The number of phenolic OH excluding ortho intramolecular Hbond substituents is 1. The van der Waals surface area contributed by atoms with Gasteiger partial charge in [-0.05, 0) is 30.7 Å². The largest absolute Gasteiger partial charge is 0.506 e. The molecule has 0 fully saturated rings. The Morgan fingerprint density at radius 3 is 1.57 bits per heavy atom. The monoisotopic (exact) mass is 633 g/mol. The van der Waals surface area contributed by atoms with Gasteiger partial charge in [0.25, 0.3) is 5.91 Å². The Morgan fingerprint density at radius 1 is 0.652 bits per heavy atom. The number of fused-ring (bicyclic) bond motifs is 1. The molecule has 0 atom stereocenters. The number of carboxylic acid groups (broad SMARTS) is 2. The van der Waals surface area contributed by atoms with E-state index in [0.29, 0.717) is 22.9 Å². The molecule has 8 heteroatoms. The molecule has 0 spiro atoms. The quantitative estimate of drug-likeness (QED) is 0.0941. The van der Waals surface area contributed by atoms with E-state index in [1.165, 1.54) is 107 Å². The third-order valence-electron chi connectivity index (χ3n) is 8.63. The van der Waals surface area contributed by atoms with Gasteiger partial charge in [0, 0.05) is 23.0 Å². The van der Waals surface area contributed by atoms with Crippen LogP contribution in [0.3, 0.4) is 0 Å². The summed E-state index contributed by atoms with van der Waals surface area (Å²) in [6.45, 7) is 2.48. The van der Waals surface area contributed by atoms with Gasteiger partial charge in [-0.2, -0.15) is 0 Å². The molecular weight excluding hydrogens is 582 g/mol. The minimum atomic E-state index is -1.30. The predicted molar refractivity (Wildman–Crippen MR) is 184 cm³/mol. The normalized spacial score (nSPS) is 11.1. The summed E-state index contributed by atoms with van der Waals surface area (Å²) in [6.07, 6.45) is 19.4. The van der Waals surface area contributed by atoms with Gasteiger partial charge in [-0.25, -0.2) is 9.59 Å². The lowest BCUT2D eigenvalue weighted by molar-refractivity contribution is 0.0696. The van der Waals surface area contributed by atoms with Gasteiger partial charge in [-0.3, -0.25) is 4.79 Å². The standard InChI is InChI=1S/C38H51NO7/c1-3-4-5-6-7-8-9-10-11-12-13-14-15-16-17-20-23-39(30-25-28(37(42)43)24-29(26-30)38(44)45)36(41)33-27-34(46-2)31-21-18-19-22-32(31)35(33)40/h18-19,21-22,24-27,40H,3-17,20,23H2,1-2H3,(H,42,43)(H,44,45). The average Bonchev–Trinajstić information content (AvgIpc) is 3.06. The van der Waals surface area contributed by atoms with E-state index in [-0.39, 0.29) is 34.7 Å². The van der Waals surface area contributed by atoms with Crippen molar-refractivity contribution >= 4 is 34.3 Å². The van der Waals surface area contributed by atoms with Gasteiger partial charge < -0.3 is 25.0 Å². The first-order valence-electron chi connectivity index (χ1n) is 17.0. The molecule has 0 saturated carbocycles. The van der Waals surface area contributed by atoms with E-state index in [9.17, 15) is 29.7 Å². The number of aromatic hydroxyl groups is 1. The average molecular weight is 634 g/mol. The molecule has 3 N–H and O–H groups in total. The molecule has 3 rings (SSSR count). The number of carbonyl (C=O) groups is 3. The van der Waals surface area contributed by atoms with Crippen LogP contribution in [0.5, 0.6) is 11.5 Å². The lowest BCUT2D eigenvalue weighted by Gasteiger charge is -2.25. The zero-order chi connectivity index (χ0) is 33.3. The molecule has 0 heterocycles. The summed E-state index contributed by atoms with van der Waals surface area (Å²) in [5.74, 6) is -2.97. The van der Waals surface area contributed by atoms with Crippen LogP contribution in [0.25, 0.3) is 10.8 Å². The number of carbonyl (C=O) groups excluding carboxylic acids is 1. The van der Waals surface area contributed by atoms with Crippen LogP contribution < -0.4 is 9.64 Å². The molecule has 0 aromatic heterocycles. The van der Waals surface area contributed by atoms with Gasteiger partial charge in [0.2, 0.25) is 0 Å². The summed E-state index contributed by atoms with van der Waals surface area (Å²) in [5, 5.41) is 31.5. The fourth-order valence-corrected chi connectivity index (χ4v) is 5.98. The van der Waals surface area contributed by atoms with E-state index in [2.05, 4.69) is 6.92 Å². The number of benzene rings is 3. The first kappa shape index (κ1) is 36.4. The third-order valence-corrected chi connectivity index (χ3v) is 8.63. The second-order valence-electron chi connectivity index (χ2n) is 12.2. The van der Waals surface area contributed by atoms with E-state index < -0.39 is 17.8 Å². The molecule has 0 saturated heterocycles. The highest BCUT2D eigenvalue weighted by molar-refractivity contribution is 6.13. The molecule has 0 bridgehead atoms. The summed E-state index contributed by atoms with van der Waals surface area (Å²) in [6, 6.07) is 12.2. The van der Waals surface area contributed by atoms with Crippen molar-refractivity contribution in [2.75, 3.05) is 18.6 Å². The summed E-state index contributed by atoms with van der Waals surface area (Å²) < 4.78 is 5.52. The number of methoxy groups -OCH3 is 1. The van der Waals surface area contributed by atoms with Crippen molar-refractivity contribution in [3.8, 4) is 11.5 Å². The molecule has 0 aliphatic rings. The highest BCUT2D eigenvalue weighted by Crippen LogP contribution is 2.37.